The minimum Gasteiger partial charge on any atom is -0.482 e. The van der Waals surface area contributed by atoms with Crippen LogP contribution >= 0.6 is 27.5 Å². The molecule has 2 aromatic rings. The molecule has 0 saturated heterocycles. The molecule has 23 heavy (non-hydrogen) atoms. The Morgan fingerprint density at radius 3 is 2.65 bits per heavy atom. The average molecular weight is 394 g/mol. The van der Waals surface area contributed by atoms with E-state index < -0.39 is 0 Å². The summed E-state index contributed by atoms with van der Waals surface area (Å²) in [6.45, 7) is 1.75. The van der Waals surface area contributed by atoms with Gasteiger partial charge in [-0.2, -0.15) is 5.26 Å². The Labute approximate surface area is 148 Å². The first kappa shape index (κ1) is 17.3. The average Bonchev–Trinajstić information content (AvgIpc) is 2.54. The van der Waals surface area contributed by atoms with Gasteiger partial charge in [0.15, 0.2) is 6.61 Å². The Kier molecular flexibility index (Phi) is 6.03. The second-order valence-electron chi connectivity index (χ2n) is 4.89. The Morgan fingerprint density at radius 2 is 2.04 bits per heavy atom. The molecule has 0 fully saturated rings. The third-order valence-electron chi connectivity index (χ3n) is 3.17. The van der Waals surface area contributed by atoms with Crippen molar-refractivity contribution < 1.29 is 9.53 Å². The second-order valence-corrected chi connectivity index (χ2v) is 6.21. The minimum absolute atomic E-state index is 0.129. The molecule has 0 unspecified atom stereocenters. The van der Waals surface area contributed by atoms with E-state index in [4.69, 9.17) is 21.6 Å². The summed E-state index contributed by atoms with van der Waals surface area (Å²) in [5, 5.41) is 11.9. The lowest BCUT2D eigenvalue weighted by Gasteiger charge is -2.15. The molecule has 1 atom stereocenters. The van der Waals surface area contributed by atoms with Gasteiger partial charge in [-0.3, -0.25) is 4.79 Å². The Balaban J connectivity index is 1.90. The molecule has 2 rings (SSSR count). The van der Waals surface area contributed by atoms with E-state index in [1.54, 1.807) is 12.1 Å². The number of nitrogens with zero attached hydrogens (tertiary/aromatic N) is 1. The predicted octanol–water partition coefficient (Wildman–Crippen LogP) is 4.23. The standard InChI is InChI=1S/C17H14BrClN2O2/c1-11(13-3-5-14(18)6-4-13)21-17(22)10-23-16-7-2-12(9-20)8-15(16)19/h2-8,11H,10H2,1H3,(H,21,22)/t11-/m0/s1. The molecule has 0 aliphatic heterocycles. The van der Waals surface area contributed by atoms with Crippen molar-refractivity contribution in [3.63, 3.8) is 0 Å². The van der Waals surface area contributed by atoms with Gasteiger partial charge in [-0.15, -0.1) is 0 Å². The third-order valence-corrected chi connectivity index (χ3v) is 3.99. The summed E-state index contributed by atoms with van der Waals surface area (Å²) < 4.78 is 6.38. The normalized spacial score (nSPS) is 11.4. The number of hydrogen-bond acceptors (Lipinski definition) is 3. The molecule has 6 heteroatoms. The predicted molar refractivity (Wildman–Crippen MR) is 92.4 cm³/mol. The summed E-state index contributed by atoms with van der Waals surface area (Å²) in [6.07, 6.45) is 0. The van der Waals surface area contributed by atoms with E-state index in [0.29, 0.717) is 16.3 Å². The van der Waals surface area contributed by atoms with Crippen molar-refractivity contribution in [1.29, 1.82) is 5.26 Å². The van der Waals surface area contributed by atoms with Crippen LogP contribution in [0.2, 0.25) is 5.02 Å². The van der Waals surface area contributed by atoms with Gasteiger partial charge in [-0.25, -0.2) is 0 Å². The molecule has 0 aliphatic rings. The van der Waals surface area contributed by atoms with Crippen LogP contribution in [-0.2, 0) is 4.79 Å². The number of carbonyl (C=O) groups is 1. The topological polar surface area (TPSA) is 62.1 Å². The fourth-order valence-corrected chi connectivity index (χ4v) is 2.45. The first-order valence-electron chi connectivity index (χ1n) is 6.87. The van der Waals surface area contributed by atoms with Crippen LogP contribution in [0.1, 0.15) is 24.1 Å². The molecular weight excluding hydrogens is 380 g/mol. The van der Waals surface area contributed by atoms with E-state index in [9.17, 15) is 4.79 Å². The number of ether oxygens (including phenoxy) is 1. The highest BCUT2D eigenvalue weighted by Crippen LogP contribution is 2.25. The zero-order valence-electron chi connectivity index (χ0n) is 12.3. The molecule has 0 heterocycles. The van der Waals surface area contributed by atoms with Crippen LogP contribution in [0.15, 0.2) is 46.9 Å². The number of benzene rings is 2. The molecule has 4 nitrogen and oxygen atoms in total. The van der Waals surface area contributed by atoms with Gasteiger partial charge in [-0.05, 0) is 42.8 Å². The Bertz CT molecular complexity index is 741. The molecule has 2 aromatic carbocycles. The summed E-state index contributed by atoms with van der Waals surface area (Å²) in [6, 6.07) is 14.2. The lowest BCUT2D eigenvalue weighted by atomic mass is 10.1. The van der Waals surface area contributed by atoms with Crippen molar-refractivity contribution in [3.8, 4) is 11.8 Å². The van der Waals surface area contributed by atoms with Gasteiger partial charge >= 0.3 is 0 Å². The summed E-state index contributed by atoms with van der Waals surface area (Å²) in [4.78, 5) is 12.0. The summed E-state index contributed by atoms with van der Waals surface area (Å²) >= 11 is 9.37. The SMILES string of the molecule is C[C@H](NC(=O)COc1ccc(C#N)cc1Cl)c1ccc(Br)cc1. The van der Waals surface area contributed by atoms with E-state index in [2.05, 4.69) is 21.2 Å². The molecule has 1 N–H and O–H groups in total. The number of amides is 1. The number of hydrogen-bond donors (Lipinski definition) is 1. The van der Waals surface area contributed by atoms with E-state index in [0.717, 1.165) is 10.0 Å². The lowest BCUT2D eigenvalue weighted by Crippen LogP contribution is -2.31. The molecule has 0 saturated carbocycles. The number of nitrogens with one attached hydrogen (secondary N) is 1. The highest BCUT2D eigenvalue weighted by atomic mass is 79.9. The van der Waals surface area contributed by atoms with Crippen molar-refractivity contribution >= 4 is 33.4 Å². The van der Waals surface area contributed by atoms with E-state index in [1.807, 2.05) is 37.3 Å². The highest BCUT2D eigenvalue weighted by molar-refractivity contribution is 9.10. The van der Waals surface area contributed by atoms with E-state index >= 15 is 0 Å². The van der Waals surface area contributed by atoms with Crippen molar-refractivity contribution in [1.82, 2.24) is 5.32 Å². The van der Waals surface area contributed by atoms with Crippen LogP contribution in [-0.4, -0.2) is 12.5 Å². The molecule has 1 amide bonds. The first-order valence-corrected chi connectivity index (χ1v) is 8.04. The maximum atomic E-state index is 12.0. The first-order chi connectivity index (χ1) is 11.0. The van der Waals surface area contributed by atoms with E-state index in [1.165, 1.54) is 6.07 Å². The van der Waals surface area contributed by atoms with Crippen LogP contribution in [0.25, 0.3) is 0 Å². The number of nitriles is 1. The summed E-state index contributed by atoms with van der Waals surface area (Å²) in [5.74, 6) is 0.123. The van der Waals surface area contributed by atoms with Crippen molar-refractivity contribution in [2.75, 3.05) is 6.61 Å². The molecule has 0 aliphatic carbocycles. The highest BCUT2D eigenvalue weighted by Gasteiger charge is 2.11. The maximum Gasteiger partial charge on any atom is 0.258 e. The van der Waals surface area contributed by atoms with Gasteiger partial charge in [-0.1, -0.05) is 39.7 Å². The largest absolute Gasteiger partial charge is 0.482 e. The minimum atomic E-state index is -0.249. The monoisotopic (exact) mass is 392 g/mol. The van der Waals surface area contributed by atoms with Crippen LogP contribution in [0, 0.1) is 11.3 Å². The fourth-order valence-electron chi connectivity index (χ4n) is 1.95. The van der Waals surface area contributed by atoms with Crippen molar-refractivity contribution in [2.24, 2.45) is 0 Å². The van der Waals surface area contributed by atoms with Crippen molar-refractivity contribution in [2.45, 2.75) is 13.0 Å². The van der Waals surface area contributed by atoms with Crippen LogP contribution < -0.4 is 10.1 Å². The fraction of sp³-hybridized carbons (Fsp3) is 0.176. The molecule has 0 aromatic heterocycles. The van der Waals surface area contributed by atoms with Gasteiger partial charge in [0, 0.05) is 4.47 Å². The molecule has 0 spiro atoms. The van der Waals surface area contributed by atoms with Crippen molar-refractivity contribution in [3.05, 3.63) is 63.1 Å². The Hall–Kier alpha value is -2.03. The molecular formula is C17H14BrClN2O2. The number of halogens is 2. The molecule has 0 bridgehead atoms. The third kappa shape index (κ3) is 4.98. The maximum absolute atomic E-state index is 12.0. The second kappa shape index (κ2) is 8.00. The lowest BCUT2D eigenvalue weighted by molar-refractivity contribution is -0.123. The summed E-state index contributed by atoms with van der Waals surface area (Å²) in [7, 11) is 0. The quantitative estimate of drug-likeness (QED) is 0.827. The Morgan fingerprint density at radius 1 is 1.35 bits per heavy atom. The summed E-state index contributed by atoms with van der Waals surface area (Å²) in [5.41, 5.74) is 1.44. The van der Waals surface area contributed by atoms with Gasteiger partial charge in [0.25, 0.3) is 5.91 Å². The van der Waals surface area contributed by atoms with Gasteiger partial charge in [0.05, 0.1) is 22.7 Å². The molecule has 118 valence electrons. The van der Waals surface area contributed by atoms with E-state index in [-0.39, 0.29) is 18.6 Å². The zero-order chi connectivity index (χ0) is 16.8. The molecule has 0 radical (unpaired) electrons. The smallest absolute Gasteiger partial charge is 0.258 e. The van der Waals surface area contributed by atoms with Crippen LogP contribution in [0.3, 0.4) is 0 Å². The van der Waals surface area contributed by atoms with Gasteiger partial charge < -0.3 is 10.1 Å². The van der Waals surface area contributed by atoms with Gasteiger partial charge in [0.1, 0.15) is 5.75 Å². The van der Waals surface area contributed by atoms with Gasteiger partial charge in [0.2, 0.25) is 0 Å². The number of carbonyl (C=O) groups excluding carboxylic acids is 1. The number of rotatable bonds is 5. The van der Waals surface area contributed by atoms with Crippen LogP contribution in [0.4, 0.5) is 0 Å². The van der Waals surface area contributed by atoms with Crippen LogP contribution in [0.5, 0.6) is 5.75 Å². The zero-order valence-corrected chi connectivity index (χ0v) is 14.7.